The molecule has 194 valence electrons. The van der Waals surface area contributed by atoms with Gasteiger partial charge in [0, 0.05) is 42.4 Å². The van der Waals surface area contributed by atoms with Gasteiger partial charge in [-0.25, -0.2) is 9.97 Å². The first kappa shape index (κ1) is 25.0. The second-order valence-electron chi connectivity index (χ2n) is 10.9. The molecule has 9 nitrogen and oxygen atoms in total. The number of rotatable bonds is 8. The van der Waals surface area contributed by atoms with Crippen molar-refractivity contribution in [2.45, 2.75) is 85.0 Å². The molecule has 1 N–H and O–H groups in total. The van der Waals surface area contributed by atoms with Crippen molar-refractivity contribution in [2.75, 3.05) is 0 Å². The Labute approximate surface area is 216 Å². The van der Waals surface area contributed by atoms with E-state index in [0.717, 1.165) is 30.4 Å². The molecule has 9 heteroatoms. The van der Waals surface area contributed by atoms with Gasteiger partial charge in [-0.2, -0.15) is 5.10 Å². The quantitative estimate of drug-likeness (QED) is 0.471. The van der Waals surface area contributed by atoms with E-state index in [1.807, 2.05) is 32.0 Å². The van der Waals surface area contributed by atoms with Crippen molar-refractivity contribution in [1.82, 2.24) is 30.0 Å². The molecule has 1 aliphatic carbocycles. The summed E-state index contributed by atoms with van der Waals surface area (Å²) in [5.74, 6) is 0.278. The minimum Gasteiger partial charge on any atom is -0.352 e. The normalized spacial score (nSPS) is 23.1. The van der Waals surface area contributed by atoms with Crippen molar-refractivity contribution in [3.8, 4) is 11.1 Å². The number of Topliss-reactive ketones (excluding diaryl/α,β-unsaturated/α-hetero) is 1. The van der Waals surface area contributed by atoms with Gasteiger partial charge in [0.25, 0.3) is 0 Å². The number of aryl methyl sites for hydroxylation is 1. The van der Waals surface area contributed by atoms with Gasteiger partial charge in [-0.3, -0.25) is 19.1 Å². The number of nitrogens with zero attached hydrogens (tertiary/aromatic N) is 5. The maximum atomic E-state index is 13.6. The van der Waals surface area contributed by atoms with E-state index in [2.05, 4.69) is 34.2 Å². The molecule has 0 unspecified atom stereocenters. The lowest BCUT2D eigenvalue weighted by atomic mass is 10.0. The largest absolute Gasteiger partial charge is 0.352 e. The van der Waals surface area contributed by atoms with Crippen molar-refractivity contribution >= 4 is 28.5 Å². The van der Waals surface area contributed by atoms with Crippen LogP contribution in [0.25, 0.3) is 22.0 Å². The molecule has 1 saturated carbocycles. The highest BCUT2D eigenvalue weighted by Gasteiger charge is 2.64. The SMILES string of the molecule is CCC[C@@H](C)NC(=O)[C@@H]1C[C@@]2(C)C[C@H]2N1C(=O)Cn1nc(C(C)=O)c2cc(-c3cnc(C)nc3)ccc21. The summed E-state index contributed by atoms with van der Waals surface area (Å²) in [5.41, 5.74) is 2.71. The lowest BCUT2D eigenvalue weighted by Crippen LogP contribution is -2.50. The van der Waals surface area contributed by atoms with Crippen LogP contribution in [0.5, 0.6) is 0 Å². The van der Waals surface area contributed by atoms with Gasteiger partial charge < -0.3 is 10.2 Å². The van der Waals surface area contributed by atoms with Crippen LogP contribution in [0.15, 0.2) is 30.6 Å². The maximum absolute atomic E-state index is 13.6. The summed E-state index contributed by atoms with van der Waals surface area (Å²) in [4.78, 5) is 49.5. The van der Waals surface area contributed by atoms with Crippen molar-refractivity contribution in [3.63, 3.8) is 0 Å². The van der Waals surface area contributed by atoms with Gasteiger partial charge >= 0.3 is 0 Å². The third kappa shape index (κ3) is 4.63. The first-order valence-corrected chi connectivity index (χ1v) is 13.0. The molecule has 1 aliphatic heterocycles. The number of nitrogens with one attached hydrogen (secondary N) is 1. The zero-order valence-electron chi connectivity index (χ0n) is 22.1. The van der Waals surface area contributed by atoms with Crippen LogP contribution in [0.1, 0.15) is 69.7 Å². The number of carbonyl (C=O) groups excluding carboxylic acids is 3. The van der Waals surface area contributed by atoms with Crippen LogP contribution in [0, 0.1) is 12.3 Å². The van der Waals surface area contributed by atoms with Crippen LogP contribution in [-0.4, -0.2) is 60.4 Å². The van der Waals surface area contributed by atoms with E-state index in [4.69, 9.17) is 0 Å². The molecule has 3 heterocycles. The van der Waals surface area contributed by atoms with Crippen LogP contribution < -0.4 is 5.32 Å². The molecule has 37 heavy (non-hydrogen) atoms. The molecule has 0 radical (unpaired) electrons. The van der Waals surface area contributed by atoms with E-state index in [-0.39, 0.29) is 41.6 Å². The summed E-state index contributed by atoms with van der Waals surface area (Å²) in [5, 5.41) is 8.31. The fraction of sp³-hybridized carbons (Fsp3) is 0.500. The molecule has 3 aromatic rings. The monoisotopic (exact) mass is 502 g/mol. The molecule has 4 atom stereocenters. The number of fused-ring (bicyclic) bond motifs is 2. The Balaban J connectivity index is 1.43. The number of benzene rings is 1. The number of ketones is 1. The molecular formula is C28H34N6O3. The Bertz CT molecular complexity index is 1380. The summed E-state index contributed by atoms with van der Waals surface area (Å²) in [7, 11) is 0. The second-order valence-corrected chi connectivity index (χ2v) is 10.9. The molecule has 2 aromatic heterocycles. The fourth-order valence-electron chi connectivity index (χ4n) is 5.70. The number of amides is 2. The lowest BCUT2D eigenvalue weighted by molar-refractivity contribution is -0.140. The van der Waals surface area contributed by atoms with E-state index in [1.54, 1.807) is 22.0 Å². The highest BCUT2D eigenvalue weighted by molar-refractivity contribution is 6.06. The number of piperidine rings is 1. The van der Waals surface area contributed by atoms with Crippen molar-refractivity contribution in [2.24, 2.45) is 5.41 Å². The van der Waals surface area contributed by atoms with Gasteiger partial charge in [0.05, 0.1) is 5.52 Å². The van der Waals surface area contributed by atoms with Crippen LogP contribution >= 0.6 is 0 Å². The summed E-state index contributed by atoms with van der Waals surface area (Å²) in [6.07, 6.45) is 6.96. The lowest BCUT2D eigenvalue weighted by Gasteiger charge is -2.28. The van der Waals surface area contributed by atoms with Crippen molar-refractivity contribution in [3.05, 3.63) is 42.1 Å². The number of carbonyl (C=O) groups is 3. The molecule has 2 aliphatic rings. The van der Waals surface area contributed by atoms with Crippen molar-refractivity contribution in [1.29, 1.82) is 0 Å². The Hall–Kier alpha value is -3.62. The topological polar surface area (TPSA) is 110 Å². The molecule has 2 amide bonds. The second kappa shape index (κ2) is 9.36. The number of aromatic nitrogens is 4. The average Bonchev–Trinajstić information content (AvgIpc) is 3.22. The predicted molar refractivity (Wildman–Crippen MR) is 140 cm³/mol. The molecule has 2 fully saturated rings. The summed E-state index contributed by atoms with van der Waals surface area (Å²) in [6.45, 7) is 9.51. The van der Waals surface area contributed by atoms with E-state index in [0.29, 0.717) is 28.8 Å². The predicted octanol–water partition coefficient (Wildman–Crippen LogP) is 3.69. The van der Waals surface area contributed by atoms with Gasteiger partial charge in [-0.15, -0.1) is 0 Å². The molecule has 0 spiro atoms. The van der Waals surface area contributed by atoms with Crippen molar-refractivity contribution < 1.29 is 14.4 Å². The summed E-state index contributed by atoms with van der Waals surface area (Å²) in [6, 6.07) is 5.35. The first-order chi connectivity index (χ1) is 17.6. The zero-order chi connectivity index (χ0) is 26.5. The average molecular weight is 503 g/mol. The Kier molecular flexibility index (Phi) is 6.33. The van der Waals surface area contributed by atoms with Crippen LogP contribution in [0.4, 0.5) is 0 Å². The molecule has 5 rings (SSSR count). The number of likely N-dealkylation sites (tertiary alicyclic amines) is 1. The summed E-state index contributed by atoms with van der Waals surface area (Å²) >= 11 is 0. The molecular weight excluding hydrogens is 468 g/mol. The van der Waals surface area contributed by atoms with Crippen LogP contribution in [-0.2, 0) is 16.1 Å². The zero-order valence-corrected chi connectivity index (χ0v) is 22.1. The third-order valence-corrected chi connectivity index (χ3v) is 7.82. The van der Waals surface area contributed by atoms with Crippen LogP contribution in [0.3, 0.4) is 0 Å². The molecule has 1 saturated heterocycles. The third-order valence-electron chi connectivity index (χ3n) is 7.82. The van der Waals surface area contributed by atoms with Gasteiger partial charge in [-0.1, -0.05) is 26.3 Å². The Morgan fingerprint density at radius 1 is 1.16 bits per heavy atom. The Morgan fingerprint density at radius 3 is 2.57 bits per heavy atom. The van der Waals surface area contributed by atoms with Crippen LogP contribution in [0.2, 0.25) is 0 Å². The highest BCUT2D eigenvalue weighted by atomic mass is 16.2. The van der Waals surface area contributed by atoms with E-state index < -0.39 is 6.04 Å². The first-order valence-electron chi connectivity index (χ1n) is 13.0. The maximum Gasteiger partial charge on any atom is 0.245 e. The molecule has 1 aromatic carbocycles. The van der Waals surface area contributed by atoms with Gasteiger partial charge in [0.1, 0.15) is 24.1 Å². The van der Waals surface area contributed by atoms with E-state index >= 15 is 0 Å². The summed E-state index contributed by atoms with van der Waals surface area (Å²) < 4.78 is 1.59. The standard InChI is InChI=1S/C28H34N6O3/c1-6-7-16(2)31-27(37)23-11-28(5)12-24(28)34(23)25(36)15-33-22-9-8-19(20-13-29-18(4)30-14-20)10-21(22)26(32-33)17(3)35/h8-10,13-14,16,23-24H,6-7,11-12,15H2,1-5H3,(H,31,37)/t16-,23+,24-,28+/m1/s1. The van der Waals surface area contributed by atoms with Gasteiger partial charge in [0.2, 0.25) is 11.8 Å². The highest BCUT2D eigenvalue weighted by Crippen LogP contribution is 2.59. The van der Waals surface area contributed by atoms with Gasteiger partial charge in [-0.05, 0) is 56.2 Å². The van der Waals surface area contributed by atoms with E-state index in [9.17, 15) is 14.4 Å². The number of hydrogen-bond donors (Lipinski definition) is 1. The van der Waals surface area contributed by atoms with Gasteiger partial charge in [0.15, 0.2) is 5.78 Å². The minimum absolute atomic E-state index is 0.00655. The Morgan fingerprint density at radius 2 is 1.89 bits per heavy atom. The minimum atomic E-state index is -0.474. The fourth-order valence-corrected chi connectivity index (χ4v) is 5.70. The number of hydrogen-bond acceptors (Lipinski definition) is 6. The smallest absolute Gasteiger partial charge is 0.245 e. The van der Waals surface area contributed by atoms with E-state index in [1.165, 1.54) is 6.92 Å². The molecule has 0 bridgehead atoms.